The van der Waals surface area contributed by atoms with Gasteiger partial charge in [0.1, 0.15) is 17.3 Å². The molecule has 2 rings (SSSR count). The molecule has 6 nitrogen and oxygen atoms in total. The quantitative estimate of drug-likeness (QED) is 0.643. The number of aryl methyl sites for hydroxylation is 2. The molecule has 7 heteroatoms. The van der Waals surface area contributed by atoms with Crippen LogP contribution in [0.3, 0.4) is 0 Å². The summed E-state index contributed by atoms with van der Waals surface area (Å²) < 4.78 is 10.6. The van der Waals surface area contributed by atoms with E-state index in [9.17, 15) is 9.59 Å². The molecule has 0 spiro atoms. The van der Waals surface area contributed by atoms with E-state index in [1.54, 1.807) is 37.3 Å². The highest BCUT2D eigenvalue weighted by molar-refractivity contribution is 6.30. The van der Waals surface area contributed by atoms with Crippen molar-refractivity contribution in [2.75, 3.05) is 6.61 Å². The molecule has 0 bridgehead atoms. The molecule has 0 unspecified atom stereocenters. The minimum atomic E-state index is -0.486. The van der Waals surface area contributed by atoms with E-state index >= 15 is 0 Å². The third kappa shape index (κ3) is 5.48. The number of hydrazine groups is 1. The summed E-state index contributed by atoms with van der Waals surface area (Å²) in [6, 6.07) is 8.61. The summed E-state index contributed by atoms with van der Waals surface area (Å²) in [4.78, 5) is 23.2. The molecule has 24 heavy (non-hydrogen) atoms. The van der Waals surface area contributed by atoms with Gasteiger partial charge in [-0.1, -0.05) is 11.6 Å². The molecule has 126 valence electrons. The molecule has 0 fully saturated rings. The minimum absolute atomic E-state index is 0.232. The van der Waals surface area contributed by atoms with Crippen molar-refractivity contribution in [2.24, 2.45) is 0 Å². The van der Waals surface area contributed by atoms with Gasteiger partial charge in [0, 0.05) is 11.1 Å². The Labute approximate surface area is 144 Å². The zero-order valence-corrected chi connectivity index (χ0v) is 14.0. The van der Waals surface area contributed by atoms with Crippen LogP contribution in [0.15, 0.2) is 40.8 Å². The van der Waals surface area contributed by atoms with Gasteiger partial charge in [0.25, 0.3) is 11.8 Å². The van der Waals surface area contributed by atoms with Crippen LogP contribution in [0, 0.1) is 13.8 Å². The van der Waals surface area contributed by atoms with Gasteiger partial charge in [-0.05, 0) is 55.8 Å². The summed E-state index contributed by atoms with van der Waals surface area (Å²) in [6.07, 6.45) is 2.75. The SMILES string of the molecule is Cc1ccc(/C=C/C(=O)NNC(=O)COc2ccc(Cl)cc2C)o1. The van der Waals surface area contributed by atoms with Gasteiger partial charge in [0.2, 0.25) is 0 Å². The van der Waals surface area contributed by atoms with E-state index in [1.807, 2.05) is 6.92 Å². The van der Waals surface area contributed by atoms with E-state index < -0.39 is 11.8 Å². The van der Waals surface area contributed by atoms with Crippen molar-refractivity contribution in [1.29, 1.82) is 0 Å². The van der Waals surface area contributed by atoms with Gasteiger partial charge >= 0.3 is 0 Å². The van der Waals surface area contributed by atoms with Crippen LogP contribution >= 0.6 is 11.6 Å². The van der Waals surface area contributed by atoms with Gasteiger partial charge in [0.15, 0.2) is 6.61 Å². The Bertz CT molecular complexity index is 768. The summed E-state index contributed by atoms with van der Waals surface area (Å²) >= 11 is 5.84. The molecule has 2 N–H and O–H groups in total. The number of amides is 2. The smallest absolute Gasteiger partial charge is 0.276 e. The van der Waals surface area contributed by atoms with Crippen molar-refractivity contribution in [3.63, 3.8) is 0 Å². The average molecular weight is 349 g/mol. The third-order valence-corrected chi connectivity index (χ3v) is 3.22. The molecule has 0 atom stereocenters. The first-order valence-corrected chi connectivity index (χ1v) is 7.54. The van der Waals surface area contributed by atoms with Crippen LogP contribution in [0.5, 0.6) is 5.75 Å². The molecule has 2 aromatic rings. The maximum Gasteiger partial charge on any atom is 0.276 e. The Balaban J connectivity index is 1.74. The van der Waals surface area contributed by atoms with E-state index in [4.69, 9.17) is 20.8 Å². The van der Waals surface area contributed by atoms with Crippen molar-refractivity contribution in [2.45, 2.75) is 13.8 Å². The second kappa shape index (κ2) is 8.21. The monoisotopic (exact) mass is 348 g/mol. The molecule has 1 heterocycles. The Morgan fingerprint density at radius 1 is 1.21 bits per heavy atom. The lowest BCUT2D eigenvalue weighted by atomic mass is 10.2. The van der Waals surface area contributed by atoms with Crippen molar-refractivity contribution in [1.82, 2.24) is 10.9 Å². The number of ether oxygens (including phenoxy) is 1. The third-order valence-electron chi connectivity index (χ3n) is 2.98. The number of carbonyl (C=O) groups excluding carboxylic acids is 2. The fourth-order valence-electron chi connectivity index (χ4n) is 1.83. The topological polar surface area (TPSA) is 80.6 Å². The van der Waals surface area contributed by atoms with Crippen molar-refractivity contribution in [3.8, 4) is 5.75 Å². The summed E-state index contributed by atoms with van der Waals surface area (Å²) in [5, 5.41) is 0.593. The van der Waals surface area contributed by atoms with Gasteiger partial charge in [-0.25, -0.2) is 0 Å². The number of hydrogen-bond acceptors (Lipinski definition) is 4. The van der Waals surface area contributed by atoms with E-state index in [-0.39, 0.29) is 6.61 Å². The van der Waals surface area contributed by atoms with E-state index in [1.165, 1.54) is 12.2 Å². The van der Waals surface area contributed by atoms with Crippen LogP contribution in [0.1, 0.15) is 17.1 Å². The Hall–Kier alpha value is -2.73. The highest BCUT2D eigenvalue weighted by Crippen LogP contribution is 2.21. The van der Waals surface area contributed by atoms with E-state index in [0.29, 0.717) is 16.5 Å². The molecule has 0 aliphatic rings. The Morgan fingerprint density at radius 3 is 2.67 bits per heavy atom. The predicted molar refractivity (Wildman–Crippen MR) is 90.4 cm³/mol. The molecule has 0 aliphatic heterocycles. The van der Waals surface area contributed by atoms with Gasteiger partial charge in [-0.15, -0.1) is 0 Å². The van der Waals surface area contributed by atoms with Crippen LogP contribution in [-0.4, -0.2) is 18.4 Å². The predicted octanol–water partition coefficient (Wildman–Crippen LogP) is 2.79. The van der Waals surface area contributed by atoms with Crippen molar-refractivity contribution >= 4 is 29.5 Å². The maximum absolute atomic E-state index is 11.7. The van der Waals surface area contributed by atoms with Crippen LogP contribution in [0.2, 0.25) is 5.02 Å². The van der Waals surface area contributed by atoms with E-state index in [2.05, 4.69) is 10.9 Å². The number of nitrogens with one attached hydrogen (secondary N) is 2. The number of halogens is 1. The van der Waals surface area contributed by atoms with Gasteiger partial charge in [-0.3, -0.25) is 20.4 Å². The number of hydrogen-bond donors (Lipinski definition) is 2. The number of furan rings is 1. The van der Waals surface area contributed by atoms with Crippen molar-refractivity contribution < 1.29 is 18.7 Å². The first-order valence-electron chi connectivity index (χ1n) is 7.16. The molecule has 0 saturated carbocycles. The fourth-order valence-corrected chi connectivity index (χ4v) is 2.05. The average Bonchev–Trinajstić information content (AvgIpc) is 2.95. The zero-order chi connectivity index (χ0) is 17.5. The zero-order valence-electron chi connectivity index (χ0n) is 13.3. The molecular weight excluding hydrogens is 332 g/mol. The molecule has 1 aromatic carbocycles. The molecule has 0 aliphatic carbocycles. The maximum atomic E-state index is 11.7. The molecule has 1 aromatic heterocycles. The Kier molecular flexibility index (Phi) is 6.03. The lowest BCUT2D eigenvalue weighted by Crippen LogP contribution is -2.43. The molecule has 0 saturated heterocycles. The van der Waals surface area contributed by atoms with Gasteiger partial charge in [0.05, 0.1) is 0 Å². The standard InChI is InChI=1S/C17H17ClN2O4/c1-11-9-13(18)4-7-15(11)23-10-17(22)20-19-16(21)8-6-14-5-3-12(2)24-14/h3-9H,10H2,1-2H3,(H,19,21)(H,20,22)/b8-6+. The lowest BCUT2D eigenvalue weighted by Gasteiger charge is -2.09. The summed E-state index contributed by atoms with van der Waals surface area (Å²) in [6.45, 7) is 3.39. The normalized spacial score (nSPS) is 10.6. The number of rotatable bonds is 5. The fraction of sp³-hybridized carbons (Fsp3) is 0.176. The van der Waals surface area contributed by atoms with Gasteiger partial charge in [-0.2, -0.15) is 0 Å². The lowest BCUT2D eigenvalue weighted by molar-refractivity contribution is -0.128. The summed E-state index contributed by atoms with van der Waals surface area (Å²) in [7, 11) is 0. The minimum Gasteiger partial charge on any atom is -0.483 e. The highest BCUT2D eigenvalue weighted by atomic mass is 35.5. The summed E-state index contributed by atoms with van der Waals surface area (Å²) in [5.41, 5.74) is 5.32. The highest BCUT2D eigenvalue weighted by Gasteiger charge is 2.06. The molecule has 2 amide bonds. The first kappa shape index (κ1) is 17.6. The van der Waals surface area contributed by atoms with Crippen LogP contribution in [-0.2, 0) is 9.59 Å². The van der Waals surface area contributed by atoms with E-state index in [0.717, 1.165) is 11.3 Å². The van der Waals surface area contributed by atoms with Crippen LogP contribution < -0.4 is 15.6 Å². The Morgan fingerprint density at radius 2 is 2.00 bits per heavy atom. The number of carbonyl (C=O) groups is 2. The molecule has 0 radical (unpaired) electrons. The molecular formula is C17H17ClN2O4. The second-order valence-electron chi connectivity index (χ2n) is 5.02. The van der Waals surface area contributed by atoms with Crippen LogP contribution in [0.4, 0.5) is 0 Å². The number of benzene rings is 1. The largest absolute Gasteiger partial charge is 0.483 e. The van der Waals surface area contributed by atoms with Gasteiger partial charge < -0.3 is 9.15 Å². The first-order chi connectivity index (χ1) is 11.4. The summed E-state index contributed by atoms with van der Waals surface area (Å²) in [5.74, 6) is 0.877. The van der Waals surface area contributed by atoms with Crippen LogP contribution in [0.25, 0.3) is 6.08 Å². The second-order valence-corrected chi connectivity index (χ2v) is 5.45. The van der Waals surface area contributed by atoms with Crippen molar-refractivity contribution in [3.05, 3.63) is 58.5 Å².